The van der Waals surface area contributed by atoms with Gasteiger partial charge in [0.1, 0.15) is 0 Å². The summed E-state index contributed by atoms with van der Waals surface area (Å²) in [7, 11) is 0. The first-order chi connectivity index (χ1) is 5.74. The zero-order chi connectivity index (χ0) is 8.97. The number of halogens is 1. The van der Waals surface area contributed by atoms with Crippen molar-refractivity contribution in [3.63, 3.8) is 0 Å². The van der Waals surface area contributed by atoms with E-state index in [1.165, 1.54) is 0 Å². The van der Waals surface area contributed by atoms with E-state index in [-0.39, 0.29) is 0 Å². The summed E-state index contributed by atoms with van der Waals surface area (Å²) in [6.07, 6.45) is 2.67. The quantitative estimate of drug-likeness (QED) is 0.800. The lowest BCUT2D eigenvalue weighted by Crippen LogP contribution is -2.00. The van der Waals surface area contributed by atoms with Crippen molar-refractivity contribution in [2.75, 3.05) is 6.61 Å². The Labute approximate surface area is 80.3 Å². The molecule has 4 heteroatoms. The molecule has 0 bridgehead atoms. The number of nitrogens with zero attached hydrogens (tertiary/aromatic N) is 2. The molecule has 3 nitrogen and oxygen atoms in total. The van der Waals surface area contributed by atoms with Crippen LogP contribution >= 0.6 is 15.9 Å². The van der Waals surface area contributed by atoms with Crippen LogP contribution in [0.1, 0.15) is 19.0 Å². The third-order valence-electron chi connectivity index (χ3n) is 1.33. The third-order valence-corrected chi connectivity index (χ3v) is 2.11. The monoisotopic (exact) mass is 230 g/mol. The third kappa shape index (κ3) is 2.44. The molecule has 0 aliphatic heterocycles. The predicted octanol–water partition coefficient (Wildman–Crippen LogP) is 2.34. The van der Waals surface area contributed by atoms with Gasteiger partial charge in [0.2, 0.25) is 0 Å². The van der Waals surface area contributed by atoms with Crippen LogP contribution in [0.3, 0.4) is 0 Å². The molecule has 0 radical (unpaired) electrons. The molecule has 0 aliphatic carbocycles. The van der Waals surface area contributed by atoms with Crippen LogP contribution in [0.5, 0.6) is 6.01 Å². The van der Waals surface area contributed by atoms with Gasteiger partial charge in [-0.25, -0.2) is 4.98 Å². The summed E-state index contributed by atoms with van der Waals surface area (Å²) in [6.45, 7) is 4.62. The van der Waals surface area contributed by atoms with E-state index in [1.807, 2.05) is 13.8 Å². The molecule has 1 aromatic rings. The van der Waals surface area contributed by atoms with Gasteiger partial charge in [-0.15, -0.1) is 0 Å². The Hall–Kier alpha value is -0.640. The molecule has 1 heterocycles. The molecule has 0 unspecified atom stereocenters. The van der Waals surface area contributed by atoms with Crippen LogP contribution in [0, 0.1) is 6.92 Å². The molecule has 12 heavy (non-hydrogen) atoms. The van der Waals surface area contributed by atoms with Gasteiger partial charge in [0.25, 0.3) is 0 Å². The van der Waals surface area contributed by atoms with Gasteiger partial charge in [-0.05, 0) is 29.3 Å². The van der Waals surface area contributed by atoms with Crippen molar-refractivity contribution in [3.8, 4) is 6.01 Å². The number of hydrogen-bond acceptors (Lipinski definition) is 3. The number of aromatic nitrogens is 2. The molecule has 66 valence electrons. The molecule has 0 aromatic carbocycles. The number of hydrogen-bond donors (Lipinski definition) is 0. The number of ether oxygens (including phenoxy) is 1. The molecule has 0 fully saturated rings. The maximum Gasteiger partial charge on any atom is 0.316 e. The molecule has 0 saturated carbocycles. The van der Waals surface area contributed by atoms with E-state index in [4.69, 9.17) is 4.74 Å². The molecular formula is C8H11BrN2O. The SMILES string of the molecule is CCCOc1ncc(Br)c(C)n1. The topological polar surface area (TPSA) is 35.0 Å². The lowest BCUT2D eigenvalue weighted by Gasteiger charge is -2.02. The van der Waals surface area contributed by atoms with E-state index in [9.17, 15) is 0 Å². The van der Waals surface area contributed by atoms with E-state index in [0.29, 0.717) is 12.6 Å². The summed E-state index contributed by atoms with van der Waals surface area (Å²) < 4.78 is 6.16. The van der Waals surface area contributed by atoms with Gasteiger partial charge < -0.3 is 4.74 Å². The average Bonchev–Trinajstić information content (AvgIpc) is 2.07. The second-order valence-electron chi connectivity index (χ2n) is 2.43. The van der Waals surface area contributed by atoms with E-state index >= 15 is 0 Å². The highest BCUT2D eigenvalue weighted by Crippen LogP contribution is 2.14. The highest BCUT2D eigenvalue weighted by Gasteiger charge is 2.00. The maximum absolute atomic E-state index is 5.25. The Balaban J connectivity index is 2.69. The lowest BCUT2D eigenvalue weighted by molar-refractivity contribution is 0.291. The first-order valence-electron chi connectivity index (χ1n) is 3.86. The van der Waals surface area contributed by atoms with E-state index in [0.717, 1.165) is 16.6 Å². The zero-order valence-corrected chi connectivity index (χ0v) is 8.76. The van der Waals surface area contributed by atoms with Crippen molar-refractivity contribution >= 4 is 15.9 Å². The van der Waals surface area contributed by atoms with Crippen LogP contribution in [0.25, 0.3) is 0 Å². The van der Waals surface area contributed by atoms with Crippen molar-refractivity contribution in [1.82, 2.24) is 9.97 Å². The molecule has 0 saturated heterocycles. The molecular weight excluding hydrogens is 220 g/mol. The molecule has 1 aromatic heterocycles. The number of rotatable bonds is 3. The van der Waals surface area contributed by atoms with Gasteiger partial charge in [-0.3, -0.25) is 0 Å². The largest absolute Gasteiger partial charge is 0.463 e. The average molecular weight is 231 g/mol. The summed E-state index contributed by atoms with van der Waals surface area (Å²) in [5.41, 5.74) is 0.899. The standard InChI is InChI=1S/C8H11BrN2O/c1-3-4-12-8-10-5-7(9)6(2)11-8/h5H,3-4H2,1-2H3. The Morgan fingerprint density at radius 3 is 2.92 bits per heavy atom. The van der Waals surface area contributed by atoms with Crippen LogP contribution in [0.2, 0.25) is 0 Å². The fourth-order valence-electron chi connectivity index (χ4n) is 0.694. The van der Waals surface area contributed by atoms with Crippen molar-refractivity contribution in [1.29, 1.82) is 0 Å². The summed E-state index contributed by atoms with van der Waals surface area (Å²) >= 11 is 3.32. The summed E-state index contributed by atoms with van der Waals surface area (Å²) in [6, 6.07) is 0.456. The second kappa shape index (κ2) is 4.40. The lowest BCUT2D eigenvalue weighted by atomic mass is 10.5. The summed E-state index contributed by atoms with van der Waals surface area (Å²) in [4.78, 5) is 8.13. The smallest absolute Gasteiger partial charge is 0.316 e. The van der Waals surface area contributed by atoms with E-state index in [2.05, 4.69) is 25.9 Å². The van der Waals surface area contributed by atoms with E-state index < -0.39 is 0 Å². The van der Waals surface area contributed by atoms with Crippen LogP contribution in [-0.4, -0.2) is 16.6 Å². The maximum atomic E-state index is 5.25. The van der Waals surface area contributed by atoms with Gasteiger partial charge in [0.15, 0.2) is 0 Å². The zero-order valence-electron chi connectivity index (χ0n) is 7.17. The number of aryl methyl sites for hydroxylation is 1. The predicted molar refractivity (Wildman–Crippen MR) is 50.3 cm³/mol. The Kier molecular flexibility index (Phi) is 3.47. The van der Waals surface area contributed by atoms with Crippen molar-refractivity contribution in [2.45, 2.75) is 20.3 Å². The van der Waals surface area contributed by atoms with Gasteiger partial charge >= 0.3 is 6.01 Å². The molecule has 0 amide bonds. The molecule has 0 atom stereocenters. The van der Waals surface area contributed by atoms with Crippen LogP contribution in [0.15, 0.2) is 10.7 Å². The Morgan fingerprint density at radius 1 is 1.58 bits per heavy atom. The van der Waals surface area contributed by atoms with Gasteiger partial charge in [0.05, 0.1) is 16.8 Å². The Morgan fingerprint density at radius 2 is 2.33 bits per heavy atom. The minimum absolute atomic E-state index is 0.456. The van der Waals surface area contributed by atoms with Crippen molar-refractivity contribution in [3.05, 3.63) is 16.4 Å². The fraction of sp³-hybridized carbons (Fsp3) is 0.500. The first-order valence-corrected chi connectivity index (χ1v) is 4.65. The second-order valence-corrected chi connectivity index (χ2v) is 3.29. The molecule has 0 N–H and O–H groups in total. The minimum Gasteiger partial charge on any atom is -0.463 e. The van der Waals surface area contributed by atoms with Gasteiger partial charge in [-0.1, -0.05) is 6.92 Å². The fourth-order valence-corrected chi connectivity index (χ4v) is 0.885. The van der Waals surface area contributed by atoms with Gasteiger partial charge in [0, 0.05) is 6.20 Å². The van der Waals surface area contributed by atoms with Crippen LogP contribution < -0.4 is 4.74 Å². The molecule has 0 spiro atoms. The van der Waals surface area contributed by atoms with E-state index in [1.54, 1.807) is 6.20 Å². The Bertz CT molecular complexity index is 265. The normalized spacial score (nSPS) is 9.92. The highest BCUT2D eigenvalue weighted by molar-refractivity contribution is 9.10. The van der Waals surface area contributed by atoms with Crippen LogP contribution in [0.4, 0.5) is 0 Å². The van der Waals surface area contributed by atoms with Crippen molar-refractivity contribution in [2.24, 2.45) is 0 Å². The minimum atomic E-state index is 0.456. The highest BCUT2D eigenvalue weighted by atomic mass is 79.9. The summed E-state index contributed by atoms with van der Waals surface area (Å²) in [5, 5.41) is 0. The van der Waals surface area contributed by atoms with Gasteiger partial charge in [-0.2, -0.15) is 4.98 Å². The molecule has 0 aliphatic rings. The first kappa shape index (κ1) is 9.45. The van der Waals surface area contributed by atoms with Crippen molar-refractivity contribution < 1.29 is 4.74 Å². The van der Waals surface area contributed by atoms with Crippen LogP contribution in [-0.2, 0) is 0 Å². The summed E-state index contributed by atoms with van der Waals surface area (Å²) in [5.74, 6) is 0. The molecule has 1 rings (SSSR count).